The molecule has 22 heavy (non-hydrogen) atoms. The highest BCUT2D eigenvalue weighted by molar-refractivity contribution is 7.89. The van der Waals surface area contributed by atoms with Gasteiger partial charge >= 0.3 is 0 Å². The van der Waals surface area contributed by atoms with Crippen molar-refractivity contribution >= 4 is 10.0 Å². The van der Waals surface area contributed by atoms with Gasteiger partial charge in [0, 0.05) is 13.1 Å². The fraction of sp³-hybridized carbons (Fsp3) is 0.625. The first-order valence-corrected chi connectivity index (χ1v) is 9.23. The Labute approximate surface area is 133 Å². The van der Waals surface area contributed by atoms with Crippen molar-refractivity contribution in [1.82, 2.24) is 4.31 Å². The molecule has 6 heteroatoms. The molecule has 0 atom stereocenters. The third kappa shape index (κ3) is 3.62. The Hall–Kier alpha value is -1.11. The van der Waals surface area contributed by atoms with E-state index in [0.29, 0.717) is 37.8 Å². The summed E-state index contributed by atoms with van der Waals surface area (Å²) in [4.78, 5) is 0.370. The first kappa shape index (κ1) is 17.2. The summed E-state index contributed by atoms with van der Waals surface area (Å²) >= 11 is 0. The van der Waals surface area contributed by atoms with E-state index in [1.165, 1.54) is 4.31 Å². The molecular weight excluding hydrogens is 302 g/mol. The second-order valence-corrected chi connectivity index (χ2v) is 7.44. The van der Waals surface area contributed by atoms with Gasteiger partial charge in [-0.25, -0.2) is 8.42 Å². The van der Waals surface area contributed by atoms with Crippen molar-refractivity contribution in [2.45, 2.75) is 38.5 Å². The minimum Gasteiger partial charge on any atom is -0.493 e. The SMILES string of the molecule is CCCCOc1ccc(S(=O)(=O)N2CCOCC2)c(C)c1C. The summed E-state index contributed by atoms with van der Waals surface area (Å²) in [6.07, 6.45) is 2.06. The molecule has 0 spiro atoms. The summed E-state index contributed by atoms with van der Waals surface area (Å²) in [7, 11) is -3.46. The monoisotopic (exact) mass is 327 g/mol. The molecular formula is C16H25NO4S. The smallest absolute Gasteiger partial charge is 0.243 e. The van der Waals surface area contributed by atoms with Crippen molar-refractivity contribution in [3.05, 3.63) is 23.3 Å². The van der Waals surface area contributed by atoms with E-state index in [2.05, 4.69) is 6.92 Å². The molecule has 1 aliphatic rings. The highest BCUT2D eigenvalue weighted by Crippen LogP contribution is 2.29. The van der Waals surface area contributed by atoms with Gasteiger partial charge in [-0.3, -0.25) is 0 Å². The van der Waals surface area contributed by atoms with E-state index < -0.39 is 10.0 Å². The fourth-order valence-corrected chi connectivity index (χ4v) is 4.15. The number of unbranched alkanes of at least 4 members (excludes halogenated alkanes) is 1. The van der Waals surface area contributed by atoms with Gasteiger partial charge in [-0.2, -0.15) is 4.31 Å². The third-order valence-corrected chi connectivity index (χ3v) is 6.07. The van der Waals surface area contributed by atoms with Crippen LogP contribution in [0.2, 0.25) is 0 Å². The lowest BCUT2D eigenvalue weighted by Crippen LogP contribution is -2.40. The lowest BCUT2D eigenvalue weighted by atomic mass is 10.1. The van der Waals surface area contributed by atoms with Gasteiger partial charge in [-0.15, -0.1) is 0 Å². The number of ether oxygens (including phenoxy) is 2. The molecule has 5 nitrogen and oxygen atoms in total. The molecule has 1 aromatic rings. The minimum atomic E-state index is -3.46. The first-order valence-electron chi connectivity index (χ1n) is 7.79. The lowest BCUT2D eigenvalue weighted by Gasteiger charge is -2.27. The van der Waals surface area contributed by atoms with E-state index in [9.17, 15) is 8.42 Å². The van der Waals surface area contributed by atoms with Crippen LogP contribution in [-0.4, -0.2) is 45.6 Å². The molecule has 1 aliphatic heterocycles. The van der Waals surface area contributed by atoms with Crippen molar-refractivity contribution in [1.29, 1.82) is 0 Å². The number of hydrogen-bond acceptors (Lipinski definition) is 4. The van der Waals surface area contributed by atoms with Crippen LogP contribution in [-0.2, 0) is 14.8 Å². The van der Waals surface area contributed by atoms with Gasteiger partial charge in [0.05, 0.1) is 24.7 Å². The summed E-state index contributed by atoms with van der Waals surface area (Å²) in [5.74, 6) is 0.770. The molecule has 0 amide bonds. The summed E-state index contributed by atoms with van der Waals surface area (Å²) < 4.78 is 38.0. The zero-order chi connectivity index (χ0) is 16.2. The Balaban J connectivity index is 2.26. The molecule has 0 bridgehead atoms. The van der Waals surface area contributed by atoms with Crippen LogP contribution in [0.5, 0.6) is 5.75 Å². The van der Waals surface area contributed by atoms with Crippen molar-refractivity contribution < 1.29 is 17.9 Å². The highest BCUT2D eigenvalue weighted by atomic mass is 32.2. The van der Waals surface area contributed by atoms with Crippen LogP contribution in [0.15, 0.2) is 17.0 Å². The molecule has 0 unspecified atom stereocenters. The predicted octanol–water partition coefficient (Wildman–Crippen LogP) is 2.50. The number of sulfonamides is 1. The van der Waals surface area contributed by atoms with Crippen LogP contribution in [0, 0.1) is 13.8 Å². The predicted molar refractivity (Wildman–Crippen MR) is 85.9 cm³/mol. The van der Waals surface area contributed by atoms with Crippen LogP contribution < -0.4 is 4.74 Å². The Morgan fingerprint density at radius 3 is 2.50 bits per heavy atom. The Bertz CT molecular complexity index is 607. The van der Waals surface area contributed by atoms with E-state index in [0.717, 1.165) is 29.7 Å². The number of rotatable bonds is 6. The van der Waals surface area contributed by atoms with Crippen molar-refractivity contribution in [3.8, 4) is 5.75 Å². The van der Waals surface area contributed by atoms with Gasteiger partial charge in [-0.1, -0.05) is 13.3 Å². The molecule has 2 rings (SSSR count). The van der Waals surface area contributed by atoms with Crippen molar-refractivity contribution in [3.63, 3.8) is 0 Å². The molecule has 0 aliphatic carbocycles. The van der Waals surface area contributed by atoms with Crippen molar-refractivity contribution in [2.24, 2.45) is 0 Å². The maximum atomic E-state index is 12.8. The van der Waals surface area contributed by atoms with Gasteiger partial charge in [0.25, 0.3) is 0 Å². The Kier molecular flexibility index (Phi) is 5.83. The van der Waals surface area contributed by atoms with Gasteiger partial charge in [0.2, 0.25) is 10.0 Å². The zero-order valence-electron chi connectivity index (χ0n) is 13.6. The maximum Gasteiger partial charge on any atom is 0.243 e. The summed E-state index contributed by atoms with van der Waals surface area (Å²) in [6, 6.07) is 3.43. The second-order valence-electron chi connectivity index (χ2n) is 5.53. The molecule has 0 N–H and O–H groups in total. The largest absolute Gasteiger partial charge is 0.493 e. The Morgan fingerprint density at radius 1 is 1.18 bits per heavy atom. The Morgan fingerprint density at radius 2 is 1.86 bits per heavy atom. The summed E-state index contributed by atoms with van der Waals surface area (Å²) in [5, 5.41) is 0. The molecule has 1 fully saturated rings. The summed E-state index contributed by atoms with van der Waals surface area (Å²) in [5.41, 5.74) is 1.66. The molecule has 1 saturated heterocycles. The van der Waals surface area contributed by atoms with Gasteiger partial charge in [-0.05, 0) is 43.5 Å². The highest BCUT2D eigenvalue weighted by Gasteiger charge is 2.28. The standard InChI is InChI=1S/C16H25NO4S/c1-4-5-10-21-15-6-7-16(14(3)13(15)2)22(18,19)17-8-11-20-12-9-17/h6-7H,4-5,8-12H2,1-3H3. The zero-order valence-corrected chi connectivity index (χ0v) is 14.4. The fourth-order valence-electron chi connectivity index (χ4n) is 2.46. The maximum absolute atomic E-state index is 12.8. The normalized spacial score (nSPS) is 16.7. The van der Waals surface area contributed by atoms with Crippen LogP contribution in [0.3, 0.4) is 0 Å². The van der Waals surface area contributed by atoms with Crippen LogP contribution in [0.25, 0.3) is 0 Å². The van der Waals surface area contributed by atoms with E-state index in [1.54, 1.807) is 12.1 Å². The minimum absolute atomic E-state index is 0.370. The van der Waals surface area contributed by atoms with Crippen molar-refractivity contribution in [2.75, 3.05) is 32.9 Å². The van der Waals surface area contributed by atoms with Gasteiger partial charge in [0.15, 0.2) is 0 Å². The number of benzene rings is 1. The van der Waals surface area contributed by atoms with Crippen LogP contribution in [0.1, 0.15) is 30.9 Å². The molecule has 1 aromatic carbocycles. The molecule has 0 aromatic heterocycles. The number of nitrogens with zero attached hydrogens (tertiary/aromatic N) is 1. The third-order valence-electron chi connectivity index (χ3n) is 4.03. The van der Waals surface area contributed by atoms with Crippen LogP contribution >= 0.6 is 0 Å². The van der Waals surface area contributed by atoms with Gasteiger partial charge < -0.3 is 9.47 Å². The van der Waals surface area contributed by atoms with E-state index in [-0.39, 0.29) is 0 Å². The first-order chi connectivity index (χ1) is 10.5. The van der Waals surface area contributed by atoms with E-state index >= 15 is 0 Å². The van der Waals surface area contributed by atoms with Crippen LogP contribution in [0.4, 0.5) is 0 Å². The average Bonchev–Trinajstić information content (AvgIpc) is 2.52. The molecule has 0 radical (unpaired) electrons. The number of hydrogen-bond donors (Lipinski definition) is 0. The van der Waals surface area contributed by atoms with Gasteiger partial charge in [0.1, 0.15) is 5.75 Å². The quantitative estimate of drug-likeness (QED) is 0.753. The number of morpholine rings is 1. The van der Waals surface area contributed by atoms with E-state index in [4.69, 9.17) is 9.47 Å². The molecule has 0 saturated carbocycles. The topological polar surface area (TPSA) is 55.8 Å². The molecule has 124 valence electrons. The molecule has 1 heterocycles. The summed E-state index contributed by atoms with van der Waals surface area (Å²) in [6.45, 7) is 8.26. The second kappa shape index (κ2) is 7.44. The average molecular weight is 327 g/mol. The van der Waals surface area contributed by atoms with E-state index in [1.807, 2.05) is 13.8 Å². The lowest BCUT2D eigenvalue weighted by molar-refractivity contribution is 0.0730.